The van der Waals surface area contributed by atoms with Crippen LogP contribution in [0.15, 0.2) is 133 Å². The molecule has 0 spiro atoms. The first-order valence-corrected chi connectivity index (χ1v) is 23.5. The van der Waals surface area contributed by atoms with Crippen molar-refractivity contribution in [3.05, 3.63) is 156 Å². The van der Waals surface area contributed by atoms with Crippen molar-refractivity contribution in [1.82, 2.24) is 0 Å². The molecule has 0 bridgehead atoms. The minimum absolute atomic E-state index is 0.0490. The third kappa shape index (κ3) is 5.60. The van der Waals surface area contributed by atoms with Gasteiger partial charge in [-0.1, -0.05) is 192 Å². The van der Waals surface area contributed by atoms with Crippen LogP contribution < -0.4 is 0 Å². The predicted molar refractivity (Wildman–Crippen MR) is 281 cm³/mol. The van der Waals surface area contributed by atoms with E-state index in [1.165, 1.54) is 142 Å². The van der Waals surface area contributed by atoms with Crippen LogP contribution in [0.2, 0.25) is 0 Å². The van der Waals surface area contributed by atoms with E-state index in [1.807, 2.05) is 0 Å². The van der Waals surface area contributed by atoms with E-state index in [0.717, 1.165) is 0 Å². The minimum Gasteiger partial charge on any atom is -0.0561 e. The van der Waals surface area contributed by atoms with Crippen molar-refractivity contribution in [2.24, 2.45) is 0 Å². The highest BCUT2D eigenvalue weighted by atomic mass is 14.4. The topological polar surface area (TPSA) is 0 Å². The van der Waals surface area contributed by atoms with Crippen LogP contribution in [0.1, 0.15) is 105 Å². The van der Waals surface area contributed by atoms with Gasteiger partial charge < -0.3 is 0 Å². The summed E-state index contributed by atoms with van der Waals surface area (Å²) in [6, 6.07) is 53.1. The maximum absolute atomic E-state index is 2.57. The number of benzene rings is 11. The molecule has 0 amide bonds. The molecule has 0 radical (unpaired) electrons. The molecule has 12 rings (SSSR count). The van der Waals surface area contributed by atoms with Gasteiger partial charge >= 0.3 is 0 Å². The highest BCUT2D eigenvalue weighted by Crippen LogP contribution is 2.56. The largest absolute Gasteiger partial charge is 0.0561 e. The van der Waals surface area contributed by atoms with Crippen molar-refractivity contribution >= 4 is 75.4 Å². The summed E-state index contributed by atoms with van der Waals surface area (Å²) >= 11 is 0. The monoisotopic (exact) mass is 826 g/mol. The summed E-state index contributed by atoms with van der Waals surface area (Å²) in [7, 11) is 0. The standard InChI is InChI=1S/C64H58/c1-61(2,3)42-27-38-15-13-35-17-22-45(47-25-20-40(29-42)55(38)57(35)47)37-19-23-46-50(31-37)51-32-44(63(7,8)9)33-53-59(51)52(46)34-54(64(10,11)12)60(53)49-24-18-36-14-16-39-28-43(62(4,5)6)30-41-21-26-48(49)58(36)56(39)41/h13-34H,1-12H3. The molecule has 11 aromatic rings. The number of hydrogen-bond donors (Lipinski definition) is 0. The Morgan fingerprint density at radius 3 is 1.19 bits per heavy atom. The molecule has 0 atom stereocenters. The van der Waals surface area contributed by atoms with Gasteiger partial charge in [-0.15, -0.1) is 0 Å². The van der Waals surface area contributed by atoms with Crippen molar-refractivity contribution in [3.8, 4) is 44.5 Å². The minimum atomic E-state index is -0.110. The van der Waals surface area contributed by atoms with E-state index < -0.39 is 0 Å². The van der Waals surface area contributed by atoms with Gasteiger partial charge in [0.1, 0.15) is 0 Å². The summed E-state index contributed by atoms with van der Waals surface area (Å²) in [6.07, 6.45) is 0. The molecular formula is C64H58. The van der Waals surface area contributed by atoms with Gasteiger partial charge in [-0.3, -0.25) is 0 Å². The Bertz CT molecular complexity index is 3750. The van der Waals surface area contributed by atoms with E-state index in [2.05, 4.69) is 217 Å². The van der Waals surface area contributed by atoms with Crippen LogP contribution in [0.25, 0.3) is 120 Å². The first-order chi connectivity index (χ1) is 30.2. The molecule has 0 unspecified atom stereocenters. The van der Waals surface area contributed by atoms with Crippen molar-refractivity contribution < 1.29 is 0 Å². The number of hydrogen-bond acceptors (Lipinski definition) is 0. The van der Waals surface area contributed by atoms with Gasteiger partial charge in [0.25, 0.3) is 0 Å². The third-order valence-electron chi connectivity index (χ3n) is 15.0. The van der Waals surface area contributed by atoms with Gasteiger partial charge in [-0.05, 0) is 188 Å². The SMILES string of the molecule is CC(C)(C)c1cc2ccc3ccc(-c4ccc5c(c4)-c4cc(C(C)(C)C)cc6c(-c7ccc8ccc9cc(C(C)(C)C)cc%10ccc7c8c9%10)c(C(C)(C)C)cc-5c46)c4ccc(c1)c2c34. The van der Waals surface area contributed by atoms with Gasteiger partial charge in [0.2, 0.25) is 0 Å². The molecule has 0 aliphatic heterocycles. The molecule has 0 heterocycles. The van der Waals surface area contributed by atoms with E-state index in [-0.39, 0.29) is 21.7 Å². The maximum Gasteiger partial charge on any atom is -0.00197 e. The van der Waals surface area contributed by atoms with Crippen molar-refractivity contribution in [2.45, 2.75) is 105 Å². The summed E-state index contributed by atoms with van der Waals surface area (Å²) < 4.78 is 0. The molecule has 0 saturated heterocycles. The van der Waals surface area contributed by atoms with Gasteiger partial charge in [0.05, 0.1) is 0 Å². The normalized spacial score (nSPS) is 13.6. The Morgan fingerprint density at radius 1 is 0.250 bits per heavy atom. The summed E-state index contributed by atoms with van der Waals surface area (Å²) in [6.45, 7) is 28.2. The molecule has 0 nitrogen and oxygen atoms in total. The summed E-state index contributed by atoms with van der Waals surface area (Å²) in [4.78, 5) is 0. The summed E-state index contributed by atoms with van der Waals surface area (Å²) in [5, 5.41) is 18.8. The Hall–Kier alpha value is -6.24. The van der Waals surface area contributed by atoms with E-state index in [0.29, 0.717) is 0 Å². The number of fused-ring (bicyclic) bond motifs is 3. The molecule has 1 aliphatic rings. The van der Waals surface area contributed by atoms with Crippen molar-refractivity contribution in [2.75, 3.05) is 0 Å². The van der Waals surface area contributed by atoms with Crippen LogP contribution in [0.5, 0.6) is 0 Å². The number of rotatable bonds is 2. The Kier molecular flexibility index (Phi) is 7.83. The molecule has 0 N–H and O–H groups in total. The van der Waals surface area contributed by atoms with Gasteiger partial charge in [-0.2, -0.15) is 0 Å². The first kappa shape index (κ1) is 39.4. The predicted octanol–water partition coefficient (Wildman–Crippen LogP) is 18.8. The quantitative estimate of drug-likeness (QED) is 0.152. The van der Waals surface area contributed by atoms with Crippen molar-refractivity contribution in [1.29, 1.82) is 0 Å². The van der Waals surface area contributed by atoms with E-state index in [1.54, 1.807) is 0 Å². The highest BCUT2D eigenvalue weighted by Gasteiger charge is 2.32. The van der Waals surface area contributed by atoms with Gasteiger partial charge in [-0.25, -0.2) is 0 Å². The Balaban J connectivity index is 1.12. The lowest BCUT2D eigenvalue weighted by molar-refractivity contribution is 0.590. The lowest BCUT2D eigenvalue weighted by Crippen LogP contribution is -2.14. The Labute approximate surface area is 378 Å². The molecule has 0 heteroatoms. The summed E-state index contributed by atoms with van der Waals surface area (Å²) in [5.41, 5.74) is 16.2. The Morgan fingerprint density at radius 2 is 0.672 bits per heavy atom. The van der Waals surface area contributed by atoms with Crippen LogP contribution >= 0.6 is 0 Å². The molecule has 0 aromatic heterocycles. The first-order valence-electron chi connectivity index (χ1n) is 23.5. The molecule has 314 valence electrons. The summed E-state index contributed by atoms with van der Waals surface area (Å²) in [5.74, 6) is 0. The van der Waals surface area contributed by atoms with E-state index in [9.17, 15) is 0 Å². The van der Waals surface area contributed by atoms with Crippen molar-refractivity contribution in [3.63, 3.8) is 0 Å². The van der Waals surface area contributed by atoms with Crippen LogP contribution in [0.3, 0.4) is 0 Å². The van der Waals surface area contributed by atoms with Gasteiger partial charge in [0.15, 0.2) is 0 Å². The third-order valence-corrected chi connectivity index (χ3v) is 15.0. The zero-order chi connectivity index (χ0) is 44.6. The van der Waals surface area contributed by atoms with Crippen LogP contribution in [0, 0.1) is 0 Å². The second-order valence-electron chi connectivity index (χ2n) is 23.4. The zero-order valence-electron chi connectivity index (χ0n) is 39.7. The van der Waals surface area contributed by atoms with Crippen LogP contribution in [0.4, 0.5) is 0 Å². The molecule has 0 saturated carbocycles. The fourth-order valence-corrected chi connectivity index (χ4v) is 11.4. The maximum atomic E-state index is 2.57. The highest BCUT2D eigenvalue weighted by molar-refractivity contribution is 6.29. The lowest BCUT2D eigenvalue weighted by atomic mass is 9.75. The second-order valence-corrected chi connectivity index (χ2v) is 23.4. The van der Waals surface area contributed by atoms with E-state index in [4.69, 9.17) is 0 Å². The fourth-order valence-electron chi connectivity index (χ4n) is 11.4. The fraction of sp³-hybridized carbons (Fsp3) is 0.250. The molecule has 0 fully saturated rings. The van der Waals surface area contributed by atoms with Gasteiger partial charge in [0, 0.05) is 0 Å². The smallest absolute Gasteiger partial charge is 0.00197 e. The molecular weight excluding hydrogens is 769 g/mol. The van der Waals surface area contributed by atoms with Crippen LogP contribution in [-0.2, 0) is 21.7 Å². The molecule has 11 aromatic carbocycles. The molecule has 1 aliphatic carbocycles. The van der Waals surface area contributed by atoms with E-state index >= 15 is 0 Å². The lowest BCUT2D eigenvalue weighted by Gasteiger charge is -2.28. The average molecular weight is 827 g/mol. The second kappa shape index (κ2) is 12.7. The zero-order valence-corrected chi connectivity index (χ0v) is 39.7. The van der Waals surface area contributed by atoms with Crippen LogP contribution in [-0.4, -0.2) is 0 Å². The molecule has 64 heavy (non-hydrogen) atoms. The average Bonchev–Trinajstić information content (AvgIpc) is 3.56.